The zero-order valence-electron chi connectivity index (χ0n) is 18.4. The van der Waals surface area contributed by atoms with Gasteiger partial charge in [0.2, 0.25) is 15.9 Å². The summed E-state index contributed by atoms with van der Waals surface area (Å²) in [5, 5.41) is 2.88. The summed E-state index contributed by atoms with van der Waals surface area (Å²) in [6.45, 7) is 4.65. The largest absolute Gasteiger partial charge is 0.324 e. The van der Waals surface area contributed by atoms with Crippen molar-refractivity contribution < 1.29 is 13.2 Å². The van der Waals surface area contributed by atoms with Crippen molar-refractivity contribution in [2.45, 2.75) is 62.8 Å². The van der Waals surface area contributed by atoms with E-state index >= 15 is 0 Å². The lowest BCUT2D eigenvalue weighted by molar-refractivity contribution is -0.122. The fraction of sp³-hybridized carbons (Fsp3) is 0.458. The zero-order valence-corrected chi connectivity index (χ0v) is 19.2. The van der Waals surface area contributed by atoms with E-state index < -0.39 is 15.6 Å². The maximum absolute atomic E-state index is 13.0. The molecule has 168 valence electrons. The second-order valence-electron chi connectivity index (χ2n) is 8.31. The molecule has 7 heteroatoms. The Hall–Kier alpha value is -2.22. The summed E-state index contributed by atoms with van der Waals surface area (Å²) in [7, 11) is -3.60. The van der Waals surface area contributed by atoms with Crippen molar-refractivity contribution >= 4 is 21.6 Å². The van der Waals surface area contributed by atoms with Gasteiger partial charge in [-0.1, -0.05) is 44.5 Å². The first-order valence-electron chi connectivity index (χ1n) is 11.1. The number of amides is 1. The average Bonchev–Trinajstić information content (AvgIpc) is 2.78. The fourth-order valence-electron chi connectivity index (χ4n) is 3.79. The van der Waals surface area contributed by atoms with Gasteiger partial charge in [-0.2, -0.15) is 4.31 Å². The van der Waals surface area contributed by atoms with Crippen LogP contribution in [0.2, 0.25) is 0 Å². The molecule has 6 nitrogen and oxygen atoms in total. The molecular weight excluding hydrogens is 410 g/mol. The number of unbranched alkanes of at least 4 members (excludes halogenated alkanes) is 1. The smallest absolute Gasteiger partial charge is 0.244 e. The van der Waals surface area contributed by atoms with Crippen molar-refractivity contribution in [2.24, 2.45) is 5.73 Å². The molecule has 0 saturated carbocycles. The molecule has 2 aromatic rings. The minimum Gasteiger partial charge on any atom is -0.324 e. The third kappa shape index (κ3) is 5.53. The van der Waals surface area contributed by atoms with Gasteiger partial charge in [-0.25, -0.2) is 8.42 Å². The van der Waals surface area contributed by atoms with E-state index in [9.17, 15) is 13.2 Å². The maximum Gasteiger partial charge on any atom is 0.244 e. The molecule has 0 aromatic heterocycles. The number of aryl methyl sites for hydroxylation is 2. The monoisotopic (exact) mass is 443 g/mol. The third-order valence-corrected chi connectivity index (χ3v) is 7.98. The molecule has 1 fully saturated rings. The highest BCUT2D eigenvalue weighted by atomic mass is 32.2. The van der Waals surface area contributed by atoms with Gasteiger partial charge in [0.15, 0.2) is 0 Å². The van der Waals surface area contributed by atoms with Gasteiger partial charge >= 0.3 is 0 Å². The standard InChI is InChI=1S/C24H33N3O3S/c1-3-5-6-20-9-13-22(14-10-20)31(29,30)27-17-15-24(25,16-18-27)23(28)26-21-11-7-19(4-2)8-12-21/h7-14H,3-6,15-18,25H2,1-2H3,(H,26,28). The van der Waals surface area contributed by atoms with Crippen molar-refractivity contribution in [1.29, 1.82) is 0 Å². The number of anilines is 1. The number of hydrogen-bond acceptors (Lipinski definition) is 4. The SMILES string of the molecule is CCCCc1ccc(S(=O)(=O)N2CCC(N)(C(=O)Nc3ccc(CC)cc3)CC2)cc1. The first-order chi connectivity index (χ1) is 14.8. The molecule has 0 unspecified atom stereocenters. The number of piperidine rings is 1. The van der Waals surface area contributed by atoms with Crippen LogP contribution >= 0.6 is 0 Å². The molecule has 2 aromatic carbocycles. The van der Waals surface area contributed by atoms with E-state index in [1.807, 2.05) is 36.4 Å². The molecule has 0 bridgehead atoms. The number of rotatable bonds is 8. The van der Waals surface area contributed by atoms with E-state index in [0.29, 0.717) is 5.69 Å². The number of nitrogens with zero attached hydrogens (tertiary/aromatic N) is 1. The van der Waals surface area contributed by atoms with E-state index in [1.165, 1.54) is 9.87 Å². The van der Waals surface area contributed by atoms with Crippen LogP contribution in [0.1, 0.15) is 50.7 Å². The Labute approximate surface area is 185 Å². The molecule has 0 radical (unpaired) electrons. The molecule has 31 heavy (non-hydrogen) atoms. The van der Waals surface area contributed by atoms with Crippen molar-refractivity contribution in [3.8, 4) is 0 Å². The summed E-state index contributed by atoms with van der Waals surface area (Å²) < 4.78 is 27.5. The van der Waals surface area contributed by atoms with Gasteiger partial charge in [0.25, 0.3) is 0 Å². The van der Waals surface area contributed by atoms with Crippen molar-refractivity contribution in [3.05, 3.63) is 59.7 Å². The van der Waals surface area contributed by atoms with Crippen LogP contribution in [0.3, 0.4) is 0 Å². The van der Waals surface area contributed by atoms with Gasteiger partial charge in [0, 0.05) is 18.8 Å². The Kier molecular flexibility index (Phi) is 7.51. The van der Waals surface area contributed by atoms with Gasteiger partial charge in [-0.3, -0.25) is 4.79 Å². The first-order valence-corrected chi connectivity index (χ1v) is 12.5. The highest BCUT2D eigenvalue weighted by Gasteiger charge is 2.41. The summed E-state index contributed by atoms with van der Waals surface area (Å²) in [5.74, 6) is -0.269. The number of hydrogen-bond donors (Lipinski definition) is 2. The van der Waals surface area contributed by atoms with Gasteiger partial charge in [-0.15, -0.1) is 0 Å². The lowest BCUT2D eigenvalue weighted by Crippen LogP contribution is -2.58. The minimum absolute atomic E-state index is 0.221. The van der Waals surface area contributed by atoms with E-state index in [2.05, 4.69) is 19.2 Å². The first kappa shape index (κ1) is 23.4. The van der Waals surface area contributed by atoms with E-state index in [1.54, 1.807) is 12.1 Å². The summed E-state index contributed by atoms with van der Waals surface area (Å²) >= 11 is 0. The van der Waals surface area contributed by atoms with Crippen molar-refractivity contribution in [3.63, 3.8) is 0 Å². The fourth-order valence-corrected chi connectivity index (χ4v) is 5.23. The average molecular weight is 444 g/mol. The Morgan fingerprint density at radius 1 is 1.00 bits per heavy atom. The second kappa shape index (κ2) is 9.94. The molecule has 3 N–H and O–H groups in total. The van der Waals surface area contributed by atoms with E-state index in [0.717, 1.165) is 31.2 Å². The summed E-state index contributed by atoms with van der Waals surface area (Å²) in [4.78, 5) is 13.1. The minimum atomic E-state index is -3.60. The molecule has 1 saturated heterocycles. The Morgan fingerprint density at radius 3 is 2.13 bits per heavy atom. The highest BCUT2D eigenvalue weighted by molar-refractivity contribution is 7.89. The lowest BCUT2D eigenvalue weighted by Gasteiger charge is -2.37. The predicted octanol–water partition coefficient (Wildman–Crippen LogP) is 3.71. The molecule has 1 aliphatic heterocycles. The number of benzene rings is 2. The molecule has 3 rings (SSSR count). The summed E-state index contributed by atoms with van der Waals surface area (Å²) in [5.41, 5.74) is 8.33. The molecular formula is C24H33N3O3S. The lowest BCUT2D eigenvalue weighted by atomic mass is 9.88. The molecule has 1 amide bonds. The normalized spacial score (nSPS) is 16.7. The summed E-state index contributed by atoms with van der Waals surface area (Å²) in [6.07, 6.45) is 4.63. The second-order valence-corrected chi connectivity index (χ2v) is 10.3. The quantitative estimate of drug-likeness (QED) is 0.650. The van der Waals surface area contributed by atoms with Crippen molar-refractivity contribution in [2.75, 3.05) is 18.4 Å². The molecule has 0 atom stereocenters. The van der Waals surface area contributed by atoms with Crippen LogP contribution in [0.5, 0.6) is 0 Å². The van der Waals surface area contributed by atoms with E-state index in [4.69, 9.17) is 5.73 Å². The Balaban J connectivity index is 1.62. The van der Waals surface area contributed by atoms with Crippen LogP contribution in [0, 0.1) is 0 Å². The van der Waals surface area contributed by atoms with Gasteiger partial charge in [-0.05, 0) is 67.5 Å². The maximum atomic E-state index is 13.0. The number of carbonyl (C=O) groups is 1. The molecule has 1 aliphatic rings. The zero-order chi connectivity index (χ0) is 22.5. The van der Waals surface area contributed by atoms with Crippen LogP contribution in [-0.4, -0.2) is 37.3 Å². The Bertz CT molecular complexity index is 978. The highest BCUT2D eigenvalue weighted by Crippen LogP contribution is 2.27. The van der Waals surface area contributed by atoms with Crippen LogP contribution < -0.4 is 11.1 Å². The Morgan fingerprint density at radius 2 is 1.58 bits per heavy atom. The topological polar surface area (TPSA) is 92.5 Å². The van der Waals surface area contributed by atoms with Crippen LogP contribution in [0.4, 0.5) is 5.69 Å². The number of sulfonamides is 1. The van der Waals surface area contributed by atoms with Gasteiger partial charge < -0.3 is 11.1 Å². The van der Waals surface area contributed by atoms with Gasteiger partial charge in [0.05, 0.1) is 10.4 Å². The van der Waals surface area contributed by atoms with Gasteiger partial charge in [0.1, 0.15) is 0 Å². The third-order valence-electron chi connectivity index (χ3n) is 6.07. The van der Waals surface area contributed by atoms with Crippen LogP contribution in [0.15, 0.2) is 53.4 Å². The number of nitrogens with one attached hydrogen (secondary N) is 1. The van der Waals surface area contributed by atoms with Crippen molar-refractivity contribution in [1.82, 2.24) is 4.31 Å². The molecule has 1 heterocycles. The number of carbonyl (C=O) groups excluding carboxylic acids is 1. The van der Waals surface area contributed by atoms with Crippen LogP contribution in [0.25, 0.3) is 0 Å². The summed E-state index contributed by atoms with van der Waals surface area (Å²) in [6, 6.07) is 14.8. The molecule has 0 spiro atoms. The number of nitrogens with two attached hydrogens (primary N) is 1. The van der Waals surface area contributed by atoms with Crippen LogP contribution in [-0.2, 0) is 27.7 Å². The molecule has 0 aliphatic carbocycles. The predicted molar refractivity (Wildman–Crippen MR) is 124 cm³/mol. The van der Waals surface area contributed by atoms with E-state index in [-0.39, 0.29) is 36.7 Å².